The van der Waals surface area contributed by atoms with Crippen LogP contribution in [0.4, 0.5) is 4.79 Å². The van der Waals surface area contributed by atoms with Crippen LogP contribution in [-0.2, 0) is 4.79 Å². The van der Waals surface area contributed by atoms with Gasteiger partial charge in [0.25, 0.3) is 0 Å². The number of nitrogens with two attached hydrogens (primary N) is 1. The van der Waals surface area contributed by atoms with Crippen LogP contribution < -0.4 is 16.4 Å². The third-order valence-corrected chi connectivity index (χ3v) is 4.42. The van der Waals surface area contributed by atoms with Crippen molar-refractivity contribution in [3.05, 3.63) is 69.7 Å². The normalized spacial score (nSPS) is 11.6. The molecule has 0 aliphatic carbocycles. The predicted molar refractivity (Wildman–Crippen MR) is 104 cm³/mol. The van der Waals surface area contributed by atoms with Crippen molar-refractivity contribution in [3.63, 3.8) is 0 Å². The molecule has 2 aromatic rings. The standard InChI is InChI=1S/C19H21Cl2N3O2/c20-14-9-10-16(21)15(12-14)18(13-6-2-1-3-7-13)24-17(25)8-4-5-11-23-19(22)26/h1-3,6-7,9-10,12,18H,4-5,8,11H2,(H,24,25)(H3,22,23,26). The summed E-state index contributed by atoms with van der Waals surface area (Å²) in [5.41, 5.74) is 6.66. The van der Waals surface area contributed by atoms with Crippen molar-refractivity contribution in [1.82, 2.24) is 10.6 Å². The van der Waals surface area contributed by atoms with E-state index in [1.54, 1.807) is 18.2 Å². The van der Waals surface area contributed by atoms with E-state index < -0.39 is 12.1 Å². The maximum absolute atomic E-state index is 12.4. The summed E-state index contributed by atoms with van der Waals surface area (Å²) in [6, 6.07) is 13.8. The summed E-state index contributed by atoms with van der Waals surface area (Å²) >= 11 is 12.5. The molecule has 1 atom stereocenters. The number of halogens is 2. The van der Waals surface area contributed by atoms with E-state index in [-0.39, 0.29) is 5.91 Å². The van der Waals surface area contributed by atoms with Gasteiger partial charge in [-0.05, 0) is 42.2 Å². The molecule has 0 saturated carbocycles. The van der Waals surface area contributed by atoms with Crippen molar-refractivity contribution in [2.45, 2.75) is 25.3 Å². The number of nitrogens with one attached hydrogen (secondary N) is 2. The SMILES string of the molecule is NC(=O)NCCCCC(=O)NC(c1ccccc1)c1cc(Cl)ccc1Cl. The second kappa shape index (κ2) is 10.0. The molecule has 3 amide bonds. The monoisotopic (exact) mass is 393 g/mol. The number of primary amides is 1. The second-order valence-electron chi connectivity index (χ2n) is 5.83. The van der Waals surface area contributed by atoms with Crippen molar-refractivity contribution in [2.24, 2.45) is 5.73 Å². The molecule has 0 spiro atoms. The fraction of sp³-hybridized carbons (Fsp3) is 0.263. The van der Waals surface area contributed by atoms with E-state index in [4.69, 9.17) is 28.9 Å². The number of unbranched alkanes of at least 4 members (excludes halogenated alkanes) is 1. The number of amides is 3. The van der Waals surface area contributed by atoms with E-state index in [1.165, 1.54) is 0 Å². The summed E-state index contributed by atoms with van der Waals surface area (Å²) in [5.74, 6) is -0.103. The highest BCUT2D eigenvalue weighted by Gasteiger charge is 2.19. The molecule has 2 rings (SSSR count). The first kappa shape index (κ1) is 20.1. The van der Waals surface area contributed by atoms with E-state index in [2.05, 4.69) is 10.6 Å². The molecule has 2 aromatic carbocycles. The van der Waals surface area contributed by atoms with Gasteiger partial charge >= 0.3 is 6.03 Å². The summed E-state index contributed by atoms with van der Waals surface area (Å²) in [5, 5.41) is 6.61. The molecule has 0 saturated heterocycles. The molecule has 26 heavy (non-hydrogen) atoms. The average Bonchev–Trinajstić information content (AvgIpc) is 2.62. The second-order valence-corrected chi connectivity index (χ2v) is 6.67. The summed E-state index contributed by atoms with van der Waals surface area (Å²) in [6.45, 7) is 0.449. The zero-order valence-electron chi connectivity index (χ0n) is 14.2. The van der Waals surface area contributed by atoms with Crippen LogP contribution in [0.3, 0.4) is 0 Å². The number of hydrogen-bond acceptors (Lipinski definition) is 2. The number of carbonyl (C=O) groups is 2. The quantitative estimate of drug-likeness (QED) is 0.591. The Bertz CT molecular complexity index is 754. The van der Waals surface area contributed by atoms with Gasteiger partial charge in [-0.15, -0.1) is 0 Å². The summed E-state index contributed by atoms with van der Waals surface area (Å²) in [6.07, 6.45) is 1.64. The highest BCUT2D eigenvalue weighted by Crippen LogP contribution is 2.30. The molecule has 7 heteroatoms. The zero-order chi connectivity index (χ0) is 18.9. The molecular formula is C19H21Cl2N3O2. The van der Waals surface area contributed by atoms with Gasteiger partial charge < -0.3 is 16.4 Å². The molecule has 138 valence electrons. The van der Waals surface area contributed by atoms with Crippen LogP contribution in [0, 0.1) is 0 Å². The minimum Gasteiger partial charge on any atom is -0.352 e. The van der Waals surface area contributed by atoms with E-state index in [0.717, 1.165) is 11.1 Å². The van der Waals surface area contributed by atoms with Gasteiger partial charge in [0.05, 0.1) is 6.04 Å². The maximum Gasteiger partial charge on any atom is 0.312 e. The number of benzene rings is 2. The maximum atomic E-state index is 12.4. The van der Waals surface area contributed by atoms with Crippen LogP contribution in [-0.4, -0.2) is 18.5 Å². The van der Waals surface area contributed by atoms with Crippen LogP contribution in [0.25, 0.3) is 0 Å². The molecule has 1 unspecified atom stereocenters. The van der Waals surface area contributed by atoms with Gasteiger partial charge in [-0.25, -0.2) is 4.79 Å². The van der Waals surface area contributed by atoms with Crippen molar-refractivity contribution in [2.75, 3.05) is 6.54 Å². The largest absolute Gasteiger partial charge is 0.352 e. The minimum absolute atomic E-state index is 0.103. The molecule has 0 aliphatic heterocycles. The number of hydrogen-bond donors (Lipinski definition) is 3. The van der Waals surface area contributed by atoms with Crippen molar-refractivity contribution < 1.29 is 9.59 Å². The molecule has 0 radical (unpaired) electrons. The fourth-order valence-corrected chi connectivity index (χ4v) is 2.98. The minimum atomic E-state index is -0.561. The molecular weight excluding hydrogens is 373 g/mol. The van der Waals surface area contributed by atoms with Crippen LogP contribution in [0.2, 0.25) is 10.0 Å². The summed E-state index contributed by atoms with van der Waals surface area (Å²) in [4.78, 5) is 23.0. The van der Waals surface area contributed by atoms with Gasteiger partial charge in [0.1, 0.15) is 0 Å². The Hall–Kier alpha value is -2.24. The highest BCUT2D eigenvalue weighted by molar-refractivity contribution is 6.33. The van der Waals surface area contributed by atoms with Crippen molar-refractivity contribution >= 4 is 35.1 Å². The third-order valence-electron chi connectivity index (χ3n) is 3.84. The molecule has 5 nitrogen and oxygen atoms in total. The highest BCUT2D eigenvalue weighted by atomic mass is 35.5. The molecule has 4 N–H and O–H groups in total. The summed E-state index contributed by atoms with van der Waals surface area (Å²) < 4.78 is 0. The smallest absolute Gasteiger partial charge is 0.312 e. The lowest BCUT2D eigenvalue weighted by Gasteiger charge is -2.21. The van der Waals surface area contributed by atoms with Gasteiger partial charge in [-0.3, -0.25) is 4.79 Å². The zero-order valence-corrected chi connectivity index (χ0v) is 15.7. The van der Waals surface area contributed by atoms with Crippen molar-refractivity contribution in [1.29, 1.82) is 0 Å². The van der Waals surface area contributed by atoms with Gasteiger partial charge in [-0.1, -0.05) is 53.5 Å². The Morgan fingerprint density at radius 1 is 1.04 bits per heavy atom. The van der Waals surface area contributed by atoms with Crippen LogP contribution in [0.15, 0.2) is 48.5 Å². The number of rotatable bonds is 8. The van der Waals surface area contributed by atoms with Crippen molar-refractivity contribution in [3.8, 4) is 0 Å². The van der Waals surface area contributed by atoms with Crippen LogP contribution in [0.1, 0.15) is 36.4 Å². The first-order valence-corrected chi connectivity index (χ1v) is 9.05. The van der Waals surface area contributed by atoms with E-state index >= 15 is 0 Å². The Morgan fingerprint density at radius 3 is 2.46 bits per heavy atom. The number of urea groups is 1. The predicted octanol–water partition coefficient (Wildman–Crippen LogP) is 4.04. The molecule has 0 bridgehead atoms. The first-order chi connectivity index (χ1) is 12.5. The molecule has 0 aromatic heterocycles. The van der Waals surface area contributed by atoms with Crippen LogP contribution in [0.5, 0.6) is 0 Å². The Balaban J connectivity index is 2.07. The lowest BCUT2D eigenvalue weighted by molar-refractivity contribution is -0.121. The Kier molecular flexibility index (Phi) is 7.75. The van der Waals surface area contributed by atoms with Gasteiger partial charge in [-0.2, -0.15) is 0 Å². The summed E-state index contributed by atoms with van der Waals surface area (Å²) in [7, 11) is 0. The van der Waals surface area contributed by atoms with Gasteiger partial charge in [0, 0.05) is 23.0 Å². The fourth-order valence-electron chi connectivity index (χ4n) is 2.58. The Labute approximate surface area is 162 Å². The molecule has 0 heterocycles. The number of carbonyl (C=O) groups excluding carboxylic acids is 2. The topological polar surface area (TPSA) is 84.2 Å². The van der Waals surface area contributed by atoms with E-state index in [9.17, 15) is 9.59 Å². The van der Waals surface area contributed by atoms with E-state index in [1.807, 2.05) is 30.3 Å². The third kappa shape index (κ3) is 6.24. The van der Waals surface area contributed by atoms with Gasteiger partial charge in [0.15, 0.2) is 0 Å². The Morgan fingerprint density at radius 2 is 1.77 bits per heavy atom. The van der Waals surface area contributed by atoms with E-state index in [0.29, 0.717) is 35.9 Å². The average molecular weight is 394 g/mol. The van der Waals surface area contributed by atoms with Gasteiger partial charge in [0.2, 0.25) is 5.91 Å². The molecule has 0 fully saturated rings. The first-order valence-electron chi connectivity index (χ1n) is 8.30. The lowest BCUT2D eigenvalue weighted by Crippen LogP contribution is -2.31. The molecule has 0 aliphatic rings. The lowest BCUT2D eigenvalue weighted by atomic mass is 9.98. The van der Waals surface area contributed by atoms with Crippen LogP contribution >= 0.6 is 23.2 Å².